The third-order valence-electron chi connectivity index (χ3n) is 4.95. The maximum absolute atomic E-state index is 12.6. The molecule has 2 atom stereocenters. The van der Waals surface area contributed by atoms with Crippen molar-refractivity contribution in [1.82, 2.24) is 9.80 Å². The second-order valence-electron chi connectivity index (χ2n) is 7.19. The first-order valence-corrected chi connectivity index (χ1v) is 8.28. The molecular formula is C19H27N3O2. The first kappa shape index (κ1) is 18.4. The molecule has 1 fully saturated rings. The van der Waals surface area contributed by atoms with Gasteiger partial charge in [-0.15, -0.1) is 0 Å². The molecule has 2 rings (SSSR count). The molecule has 130 valence electrons. The number of likely N-dealkylation sites (N-methyl/N-ethyl adjacent to an activating group) is 2. The van der Waals surface area contributed by atoms with Crippen molar-refractivity contribution in [3.8, 4) is 6.07 Å². The van der Waals surface area contributed by atoms with Crippen molar-refractivity contribution >= 4 is 5.91 Å². The fourth-order valence-corrected chi connectivity index (χ4v) is 3.13. The van der Waals surface area contributed by atoms with Crippen molar-refractivity contribution < 1.29 is 9.53 Å². The van der Waals surface area contributed by atoms with Crippen molar-refractivity contribution in [2.24, 2.45) is 0 Å². The molecule has 0 saturated carbocycles. The number of carbonyl (C=O) groups excluding carboxylic acids is 1. The van der Waals surface area contributed by atoms with Crippen LogP contribution < -0.4 is 0 Å². The van der Waals surface area contributed by atoms with Gasteiger partial charge in [-0.2, -0.15) is 5.26 Å². The molecule has 0 aliphatic carbocycles. The van der Waals surface area contributed by atoms with Crippen molar-refractivity contribution in [3.05, 3.63) is 35.4 Å². The topological polar surface area (TPSA) is 56.6 Å². The fourth-order valence-electron chi connectivity index (χ4n) is 3.13. The molecule has 1 aromatic rings. The van der Waals surface area contributed by atoms with E-state index in [-0.39, 0.29) is 12.0 Å². The van der Waals surface area contributed by atoms with Crippen molar-refractivity contribution in [2.45, 2.75) is 37.8 Å². The average Bonchev–Trinajstić information content (AvgIpc) is 2.94. The van der Waals surface area contributed by atoms with Gasteiger partial charge in [0, 0.05) is 38.9 Å². The van der Waals surface area contributed by atoms with Gasteiger partial charge in [0.2, 0.25) is 0 Å². The molecule has 0 spiro atoms. The van der Waals surface area contributed by atoms with Crippen LogP contribution in [0.3, 0.4) is 0 Å². The van der Waals surface area contributed by atoms with E-state index in [4.69, 9.17) is 4.74 Å². The Morgan fingerprint density at radius 3 is 2.54 bits per heavy atom. The standard InChI is InChI=1S/C19H27N3O2/c1-19(2,13-20)15-8-6-14(7-9-15)18(23)22(4)11-16-10-17(24-5)12-21(16)3/h6-9,16-17H,10-12H2,1-5H3/t16-,17-/m0/s1. The number of nitriles is 1. The van der Waals surface area contributed by atoms with E-state index >= 15 is 0 Å². The molecule has 0 bridgehead atoms. The number of hydrogen-bond acceptors (Lipinski definition) is 4. The predicted molar refractivity (Wildman–Crippen MR) is 93.9 cm³/mol. The molecular weight excluding hydrogens is 302 g/mol. The largest absolute Gasteiger partial charge is 0.380 e. The second-order valence-corrected chi connectivity index (χ2v) is 7.19. The summed E-state index contributed by atoms with van der Waals surface area (Å²) in [4.78, 5) is 16.6. The average molecular weight is 329 g/mol. The monoisotopic (exact) mass is 329 g/mol. The van der Waals surface area contributed by atoms with E-state index in [1.165, 1.54) is 0 Å². The van der Waals surface area contributed by atoms with E-state index in [9.17, 15) is 10.1 Å². The number of rotatable bonds is 5. The Hall–Kier alpha value is -1.90. The maximum atomic E-state index is 12.6. The van der Waals surface area contributed by atoms with Crippen LogP contribution in [0.2, 0.25) is 0 Å². The molecule has 1 saturated heterocycles. The van der Waals surface area contributed by atoms with Gasteiger partial charge < -0.3 is 9.64 Å². The molecule has 1 heterocycles. The van der Waals surface area contributed by atoms with E-state index in [0.29, 0.717) is 18.2 Å². The summed E-state index contributed by atoms with van der Waals surface area (Å²) in [5.74, 6) is 0.00517. The lowest BCUT2D eigenvalue weighted by molar-refractivity contribution is 0.0760. The number of ether oxygens (including phenoxy) is 1. The van der Waals surface area contributed by atoms with Crippen LogP contribution in [-0.4, -0.2) is 62.1 Å². The second kappa shape index (κ2) is 7.33. The van der Waals surface area contributed by atoms with Crippen LogP contribution in [0.1, 0.15) is 36.2 Å². The summed E-state index contributed by atoms with van der Waals surface area (Å²) in [6.07, 6.45) is 1.19. The van der Waals surface area contributed by atoms with Crippen LogP contribution in [-0.2, 0) is 10.2 Å². The minimum absolute atomic E-state index is 0.00517. The van der Waals surface area contributed by atoms with E-state index in [0.717, 1.165) is 18.5 Å². The SMILES string of the molecule is CO[C@H]1C[C@@H](CN(C)C(=O)c2ccc(C(C)(C)C#N)cc2)N(C)C1. The number of amides is 1. The highest BCUT2D eigenvalue weighted by molar-refractivity contribution is 5.94. The molecule has 1 amide bonds. The summed E-state index contributed by atoms with van der Waals surface area (Å²) in [5, 5.41) is 9.20. The first-order valence-electron chi connectivity index (χ1n) is 8.28. The molecule has 1 aromatic carbocycles. The Kier molecular flexibility index (Phi) is 5.63. The molecule has 24 heavy (non-hydrogen) atoms. The van der Waals surface area contributed by atoms with Gasteiger partial charge in [-0.1, -0.05) is 12.1 Å². The molecule has 0 unspecified atom stereocenters. The number of hydrogen-bond donors (Lipinski definition) is 0. The molecule has 0 aromatic heterocycles. The van der Waals surface area contributed by atoms with Gasteiger partial charge in [0.15, 0.2) is 0 Å². The zero-order valence-electron chi connectivity index (χ0n) is 15.2. The highest BCUT2D eigenvalue weighted by Crippen LogP contribution is 2.23. The summed E-state index contributed by atoms with van der Waals surface area (Å²) in [5.41, 5.74) is 1.02. The summed E-state index contributed by atoms with van der Waals surface area (Å²) in [7, 11) is 5.64. The normalized spacial score (nSPS) is 21.5. The smallest absolute Gasteiger partial charge is 0.253 e. The molecule has 0 N–H and O–H groups in total. The predicted octanol–water partition coefficient (Wildman–Crippen LogP) is 2.28. The van der Waals surface area contributed by atoms with Gasteiger partial charge in [0.25, 0.3) is 5.91 Å². The summed E-state index contributed by atoms with van der Waals surface area (Å²) in [6.45, 7) is 5.33. The van der Waals surface area contributed by atoms with Gasteiger partial charge in [-0.05, 0) is 45.0 Å². The van der Waals surface area contributed by atoms with Crippen LogP contribution in [0.5, 0.6) is 0 Å². The minimum Gasteiger partial charge on any atom is -0.380 e. The number of likely N-dealkylation sites (tertiary alicyclic amines) is 1. The fraction of sp³-hybridized carbons (Fsp3) is 0.579. The summed E-state index contributed by atoms with van der Waals surface area (Å²) in [6, 6.07) is 9.95. The Morgan fingerprint density at radius 2 is 2.04 bits per heavy atom. The Bertz CT molecular complexity index is 618. The van der Waals surface area contributed by atoms with Crippen LogP contribution in [0.15, 0.2) is 24.3 Å². The van der Waals surface area contributed by atoms with Crippen LogP contribution in [0.25, 0.3) is 0 Å². The molecule has 5 nitrogen and oxygen atoms in total. The zero-order valence-corrected chi connectivity index (χ0v) is 15.2. The lowest BCUT2D eigenvalue weighted by Crippen LogP contribution is -2.39. The first-order chi connectivity index (χ1) is 11.3. The minimum atomic E-state index is -0.546. The van der Waals surface area contributed by atoms with Gasteiger partial charge in [0.05, 0.1) is 17.6 Å². The molecule has 1 aliphatic rings. The molecule has 0 radical (unpaired) electrons. The van der Waals surface area contributed by atoms with E-state index in [1.807, 2.05) is 45.2 Å². The highest BCUT2D eigenvalue weighted by Gasteiger charge is 2.31. The molecule has 1 aliphatic heterocycles. The van der Waals surface area contributed by atoms with Crippen LogP contribution in [0.4, 0.5) is 0 Å². The number of nitrogens with zero attached hydrogens (tertiary/aromatic N) is 3. The zero-order chi connectivity index (χ0) is 17.9. The Balaban J connectivity index is 2.02. The van der Waals surface area contributed by atoms with E-state index < -0.39 is 5.41 Å². The Morgan fingerprint density at radius 1 is 1.42 bits per heavy atom. The number of methoxy groups -OCH3 is 1. The summed E-state index contributed by atoms with van der Waals surface area (Å²) >= 11 is 0. The lowest BCUT2D eigenvalue weighted by Gasteiger charge is -2.26. The van der Waals surface area contributed by atoms with E-state index in [1.54, 1.807) is 12.0 Å². The van der Waals surface area contributed by atoms with E-state index in [2.05, 4.69) is 18.0 Å². The Labute approximate surface area is 144 Å². The van der Waals surface area contributed by atoms with Crippen LogP contribution in [0, 0.1) is 11.3 Å². The lowest BCUT2D eigenvalue weighted by atomic mass is 9.86. The van der Waals surface area contributed by atoms with Gasteiger partial charge >= 0.3 is 0 Å². The van der Waals surface area contributed by atoms with Gasteiger partial charge in [0.1, 0.15) is 0 Å². The third-order valence-corrected chi connectivity index (χ3v) is 4.95. The molecule has 5 heteroatoms. The van der Waals surface area contributed by atoms with Crippen molar-refractivity contribution in [1.29, 1.82) is 5.26 Å². The van der Waals surface area contributed by atoms with Crippen molar-refractivity contribution in [2.75, 3.05) is 34.3 Å². The summed E-state index contributed by atoms with van der Waals surface area (Å²) < 4.78 is 5.42. The number of carbonyl (C=O) groups is 1. The number of benzene rings is 1. The maximum Gasteiger partial charge on any atom is 0.253 e. The third kappa shape index (κ3) is 3.95. The van der Waals surface area contributed by atoms with Crippen molar-refractivity contribution in [3.63, 3.8) is 0 Å². The van der Waals surface area contributed by atoms with Crippen LogP contribution >= 0.6 is 0 Å². The van der Waals surface area contributed by atoms with Gasteiger partial charge in [-0.25, -0.2) is 0 Å². The quantitative estimate of drug-likeness (QED) is 0.831. The highest BCUT2D eigenvalue weighted by atomic mass is 16.5. The van der Waals surface area contributed by atoms with Gasteiger partial charge in [-0.3, -0.25) is 9.69 Å².